The van der Waals surface area contributed by atoms with Gasteiger partial charge in [-0.25, -0.2) is 0 Å². The fourth-order valence-electron chi connectivity index (χ4n) is 5.88. The minimum absolute atomic E-state index is 0.324. The summed E-state index contributed by atoms with van der Waals surface area (Å²) < 4.78 is 0. The van der Waals surface area contributed by atoms with Crippen LogP contribution in [0.2, 0.25) is 0 Å². The molecule has 0 fully saturated rings. The van der Waals surface area contributed by atoms with Gasteiger partial charge >= 0.3 is 0 Å². The molecule has 6 N–H and O–H groups in total. The molecule has 3 aliphatic rings. The average Bonchev–Trinajstić information content (AvgIpc) is 3.77. The molecule has 46 heavy (non-hydrogen) atoms. The number of dihydropyridines is 1. The first-order chi connectivity index (χ1) is 22.6. The van der Waals surface area contributed by atoms with Crippen LogP contribution >= 0.6 is 0 Å². The molecule has 8 rings (SSSR count). The lowest BCUT2D eigenvalue weighted by molar-refractivity contribution is 0.738. The van der Waals surface area contributed by atoms with Crippen LogP contribution in [0.3, 0.4) is 0 Å². The molecule has 0 amide bonds. The van der Waals surface area contributed by atoms with E-state index < -0.39 is 0 Å². The van der Waals surface area contributed by atoms with Crippen molar-refractivity contribution in [3.63, 3.8) is 0 Å². The van der Waals surface area contributed by atoms with E-state index in [2.05, 4.69) is 89.7 Å². The molecule has 0 saturated heterocycles. The van der Waals surface area contributed by atoms with E-state index in [0.29, 0.717) is 12.6 Å². The predicted molar refractivity (Wildman–Crippen MR) is 195 cm³/mol. The molecule has 4 nitrogen and oxygen atoms in total. The Morgan fingerprint density at radius 2 is 1.52 bits per heavy atom. The van der Waals surface area contributed by atoms with Gasteiger partial charge in [0.25, 0.3) is 0 Å². The Kier molecular flexibility index (Phi) is 9.58. The van der Waals surface area contributed by atoms with Gasteiger partial charge in [-0.1, -0.05) is 109 Å². The Morgan fingerprint density at radius 3 is 2.22 bits per heavy atom. The van der Waals surface area contributed by atoms with Crippen molar-refractivity contribution in [2.45, 2.75) is 25.4 Å². The van der Waals surface area contributed by atoms with Crippen molar-refractivity contribution in [2.75, 3.05) is 5.73 Å². The lowest BCUT2D eigenvalue weighted by Gasteiger charge is -2.25. The highest BCUT2D eigenvalue weighted by Crippen LogP contribution is 2.39. The van der Waals surface area contributed by atoms with Gasteiger partial charge in [0.15, 0.2) is 0 Å². The highest BCUT2D eigenvalue weighted by atomic mass is 14.9. The monoisotopic (exact) mass is 600 g/mol. The number of nitrogens with one attached hydrogen (secondary N) is 2. The minimum Gasteiger partial charge on any atom is -0.399 e. The second-order valence-electron chi connectivity index (χ2n) is 11.6. The second kappa shape index (κ2) is 14.5. The molecule has 228 valence electrons. The molecular formula is C42H40N4. The average molecular weight is 601 g/mol. The predicted octanol–water partition coefficient (Wildman–Crippen LogP) is 8.78. The highest BCUT2D eigenvalue weighted by molar-refractivity contribution is 5.87. The molecule has 2 heterocycles. The van der Waals surface area contributed by atoms with Crippen molar-refractivity contribution in [2.24, 2.45) is 5.73 Å². The summed E-state index contributed by atoms with van der Waals surface area (Å²) in [5.74, 6) is 0. The number of hydrogen-bond donors (Lipinski definition) is 4. The van der Waals surface area contributed by atoms with Crippen LogP contribution in [0.1, 0.15) is 22.3 Å². The van der Waals surface area contributed by atoms with E-state index in [4.69, 9.17) is 11.5 Å². The van der Waals surface area contributed by atoms with E-state index in [1.807, 2.05) is 79.1 Å². The van der Waals surface area contributed by atoms with Crippen molar-refractivity contribution >= 4 is 11.3 Å². The first kappa shape index (κ1) is 30.4. The maximum Gasteiger partial charge on any atom is 0.0698 e. The van der Waals surface area contributed by atoms with Gasteiger partial charge in [-0.15, -0.1) is 6.58 Å². The molecule has 0 spiro atoms. The van der Waals surface area contributed by atoms with Gasteiger partial charge < -0.3 is 21.8 Å². The normalized spacial score (nSPS) is 15.2. The maximum atomic E-state index is 5.57. The lowest BCUT2D eigenvalue weighted by Crippen LogP contribution is -2.31. The third-order valence-electron chi connectivity index (χ3n) is 8.38. The third kappa shape index (κ3) is 7.20. The standard InChI is InChI=1S/C25H21N.C10H10N2.C7H9N/c1-2-5-17-8-10-18(11-9-17)19-12-13-20-16-25-23(22(20)14-19)15-21-6-3-4-7-24(21)26-25;11-10-3-1-8(2-4-10)9-5-6-12-7-9;8-6-7-4-2-1-3-5-7/h2-4,6-15,24,26H,1,5,16H2;1-7,12H,11H2;1-5H,6,8H2. The van der Waals surface area contributed by atoms with Crippen molar-refractivity contribution in [3.05, 3.63) is 192 Å². The minimum atomic E-state index is 0.324. The van der Waals surface area contributed by atoms with Crippen LogP contribution in [-0.2, 0) is 19.4 Å². The fraction of sp³-hybridized carbons (Fsp3) is 0.0952. The molecule has 1 atom stereocenters. The molecule has 4 aromatic carbocycles. The van der Waals surface area contributed by atoms with Gasteiger partial charge in [-0.2, -0.15) is 0 Å². The van der Waals surface area contributed by atoms with E-state index in [9.17, 15) is 0 Å². The SMILES string of the molecule is C=CCc1ccc(-c2ccc3c(c2)C2=C(C3)NC3C=CC=CC3=C2)cc1.NCc1ccccc1.Nc1ccc(-c2cc[nH]c2)cc1. The van der Waals surface area contributed by atoms with Gasteiger partial charge in [0.05, 0.1) is 6.04 Å². The molecular weight excluding hydrogens is 560 g/mol. The first-order valence-electron chi connectivity index (χ1n) is 15.7. The van der Waals surface area contributed by atoms with Crippen molar-refractivity contribution in [3.8, 4) is 22.3 Å². The molecule has 1 aromatic heterocycles. The maximum absolute atomic E-state index is 5.57. The number of fused-ring (bicyclic) bond motifs is 3. The Bertz CT molecular complexity index is 1890. The highest BCUT2D eigenvalue weighted by Gasteiger charge is 2.27. The second-order valence-corrected chi connectivity index (χ2v) is 11.6. The topological polar surface area (TPSA) is 79.9 Å². The Hall–Kier alpha value is -5.58. The smallest absolute Gasteiger partial charge is 0.0698 e. The summed E-state index contributed by atoms with van der Waals surface area (Å²) in [5.41, 5.74) is 26.0. The number of benzene rings is 4. The molecule has 2 aliphatic carbocycles. The molecule has 1 aliphatic heterocycles. The quantitative estimate of drug-likeness (QED) is 0.120. The number of hydrogen-bond acceptors (Lipinski definition) is 3. The van der Waals surface area contributed by atoms with E-state index in [-0.39, 0.29) is 0 Å². The number of rotatable bonds is 5. The van der Waals surface area contributed by atoms with Crippen LogP contribution in [0.25, 0.3) is 27.8 Å². The lowest BCUT2D eigenvalue weighted by atomic mass is 9.92. The van der Waals surface area contributed by atoms with Crippen molar-refractivity contribution in [1.29, 1.82) is 0 Å². The Morgan fingerprint density at radius 1 is 0.783 bits per heavy atom. The number of aromatic nitrogens is 1. The van der Waals surface area contributed by atoms with Crippen LogP contribution in [0, 0.1) is 0 Å². The van der Waals surface area contributed by atoms with E-state index >= 15 is 0 Å². The summed E-state index contributed by atoms with van der Waals surface area (Å²) >= 11 is 0. The number of H-pyrrole nitrogens is 1. The molecule has 5 aromatic rings. The summed E-state index contributed by atoms with van der Waals surface area (Å²) in [5, 5.41) is 3.71. The van der Waals surface area contributed by atoms with Gasteiger partial charge in [-0.05, 0) is 86.8 Å². The molecule has 0 saturated carbocycles. The van der Waals surface area contributed by atoms with E-state index in [1.54, 1.807) is 0 Å². The largest absolute Gasteiger partial charge is 0.399 e. The Balaban J connectivity index is 0.000000152. The molecule has 0 bridgehead atoms. The van der Waals surface area contributed by atoms with Crippen LogP contribution in [-0.4, -0.2) is 11.0 Å². The van der Waals surface area contributed by atoms with Crippen LogP contribution < -0.4 is 16.8 Å². The number of nitrogen functional groups attached to an aromatic ring is 1. The summed E-state index contributed by atoms with van der Waals surface area (Å²) in [6.45, 7) is 4.46. The zero-order chi connectivity index (χ0) is 31.7. The number of nitrogens with two attached hydrogens (primary N) is 2. The Labute approximate surface area is 272 Å². The van der Waals surface area contributed by atoms with Gasteiger partial charge in [-0.3, -0.25) is 0 Å². The summed E-state index contributed by atoms with van der Waals surface area (Å²) in [6.07, 6.45) is 18.8. The van der Waals surface area contributed by atoms with Gasteiger partial charge in [0.2, 0.25) is 0 Å². The fourth-order valence-corrected chi connectivity index (χ4v) is 5.88. The van der Waals surface area contributed by atoms with Crippen LogP contribution in [0.5, 0.6) is 0 Å². The van der Waals surface area contributed by atoms with Crippen LogP contribution in [0.15, 0.2) is 170 Å². The van der Waals surface area contributed by atoms with E-state index in [1.165, 1.54) is 61.4 Å². The van der Waals surface area contributed by atoms with Gasteiger partial charge in [0, 0.05) is 42.3 Å². The summed E-state index contributed by atoms with van der Waals surface area (Å²) in [4.78, 5) is 3.01. The number of allylic oxidation sites excluding steroid dienone is 6. The van der Waals surface area contributed by atoms with Crippen LogP contribution in [0.4, 0.5) is 5.69 Å². The zero-order valence-electron chi connectivity index (χ0n) is 26.0. The third-order valence-corrected chi connectivity index (χ3v) is 8.38. The zero-order valence-corrected chi connectivity index (χ0v) is 26.0. The summed E-state index contributed by atoms with van der Waals surface area (Å²) in [6, 6.07) is 35.9. The number of anilines is 1. The molecule has 4 heteroatoms. The van der Waals surface area contributed by atoms with Crippen molar-refractivity contribution in [1.82, 2.24) is 10.3 Å². The first-order valence-corrected chi connectivity index (χ1v) is 15.7. The van der Waals surface area contributed by atoms with Crippen molar-refractivity contribution < 1.29 is 0 Å². The number of aromatic amines is 1. The molecule has 1 unspecified atom stereocenters. The van der Waals surface area contributed by atoms with E-state index in [0.717, 1.165) is 18.5 Å². The summed E-state index contributed by atoms with van der Waals surface area (Å²) in [7, 11) is 0. The van der Waals surface area contributed by atoms with Gasteiger partial charge in [0.1, 0.15) is 0 Å². The molecule has 0 radical (unpaired) electrons.